The normalized spacial score (nSPS) is 12.6. The first-order valence-corrected chi connectivity index (χ1v) is 17.8. The summed E-state index contributed by atoms with van der Waals surface area (Å²) in [6.45, 7) is 13.9. The third-order valence-corrected chi connectivity index (χ3v) is 11.9. The van der Waals surface area contributed by atoms with E-state index < -0.39 is 0 Å². The van der Waals surface area contributed by atoms with Crippen molar-refractivity contribution < 1.29 is 0 Å². The van der Waals surface area contributed by atoms with Crippen molar-refractivity contribution in [1.82, 2.24) is 0 Å². The molecule has 0 saturated carbocycles. The molecular weight excluding hydrogens is 593 g/mol. The Hall–Kier alpha value is -4.24. The Morgan fingerprint density at radius 2 is 0.739 bits per heavy atom. The Labute approximate surface area is 280 Å². The van der Waals surface area contributed by atoms with Gasteiger partial charge in [0.1, 0.15) is 0 Å². The average molecular weight is 631 g/mol. The maximum Gasteiger partial charge on any atom is 0.0434 e. The molecule has 0 aliphatic heterocycles. The molecule has 0 aliphatic rings. The minimum absolute atomic E-state index is 0.0307. The Balaban J connectivity index is 1.46. The zero-order valence-corrected chi connectivity index (χ0v) is 29.0. The summed E-state index contributed by atoms with van der Waals surface area (Å²) < 4.78 is 5.39. The SMILES string of the molecule is CC(C)(C)c1ccc(-c2ccc(C(C)(C)C)cc2-c2cccc3c2sc2ccccc23)c(-c2cccc3c2sc2ccccc23)c1. The second-order valence-electron chi connectivity index (χ2n) is 14.6. The zero-order valence-electron chi connectivity index (χ0n) is 27.4. The van der Waals surface area contributed by atoms with Crippen LogP contribution < -0.4 is 0 Å². The summed E-state index contributed by atoms with van der Waals surface area (Å²) in [6.07, 6.45) is 0. The molecule has 226 valence electrons. The summed E-state index contributed by atoms with van der Waals surface area (Å²) in [5, 5.41) is 5.35. The van der Waals surface area contributed by atoms with E-state index in [0.717, 1.165) is 0 Å². The van der Waals surface area contributed by atoms with Crippen molar-refractivity contribution in [3.05, 3.63) is 132 Å². The Morgan fingerprint density at radius 3 is 1.15 bits per heavy atom. The van der Waals surface area contributed by atoms with E-state index in [1.807, 2.05) is 22.7 Å². The fourth-order valence-corrected chi connectivity index (χ4v) is 9.32. The number of rotatable bonds is 3. The first-order chi connectivity index (χ1) is 22.1. The lowest BCUT2D eigenvalue weighted by molar-refractivity contribution is 0.590. The van der Waals surface area contributed by atoms with Crippen LogP contribution in [-0.4, -0.2) is 0 Å². The number of hydrogen-bond acceptors (Lipinski definition) is 2. The van der Waals surface area contributed by atoms with Crippen LogP contribution in [0.15, 0.2) is 121 Å². The van der Waals surface area contributed by atoms with Crippen molar-refractivity contribution in [1.29, 1.82) is 0 Å². The highest BCUT2D eigenvalue weighted by Crippen LogP contribution is 2.48. The van der Waals surface area contributed by atoms with Crippen LogP contribution in [0.1, 0.15) is 52.7 Å². The summed E-state index contributed by atoms with van der Waals surface area (Å²) in [5.74, 6) is 0. The number of benzene rings is 6. The van der Waals surface area contributed by atoms with E-state index in [1.165, 1.54) is 84.9 Å². The molecule has 0 aliphatic carbocycles. The van der Waals surface area contributed by atoms with Gasteiger partial charge < -0.3 is 0 Å². The zero-order chi connectivity index (χ0) is 31.8. The summed E-state index contributed by atoms with van der Waals surface area (Å²) >= 11 is 3.83. The summed E-state index contributed by atoms with van der Waals surface area (Å²) in [4.78, 5) is 0. The average Bonchev–Trinajstić information content (AvgIpc) is 3.62. The van der Waals surface area contributed by atoms with E-state index in [1.54, 1.807) is 0 Å². The molecule has 0 unspecified atom stereocenters. The smallest absolute Gasteiger partial charge is 0.0434 e. The van der Waals surface area contributed by atoms with Gasteiger partial charge >= 0.3 is 0 Å². The minimum Gasteiger partial charge on any atom is -0.135 e. The lowest BCUT2D eigenvalue weighted by atomic mass is 9.80. The highest BCUT2D eigenvalue weighted by molar-refractivity contribution is 7.26. The number of thiophene rings is 2. The lowest BCUT2D eigenvalue weighted by Gasteiger charge is -2.25. The Kier molecular flexibility index (Phi) is 6.76. The van der Waals surface area contributed by atoms with Crippen molar-refractivity contribution in [2.45, 2.75) is 52.4 Å². The van der Waals surface area contributed by atoms with Gasteiger partial charge in [-0.2, -0.15) is 0 Å². The molecule has 0 N–H and O–H groups in total. The monoisotopic (exact) mass is 630 g/mol. The van der Waals surface area contributed by atoms with E-state index in [2.05, 4.69) is 163 Å². The van der Waals surface area contributed by atoms with Gasteiger partial charge in [-0.05, 0) is 68.5 Å². The quantitative estimate of drug-likeness (QED) is 0.182. The molecule has 8 rings (SSSR count). The second-order valence-corrected chi connectivity index (χ2v) is 16.7. The third kappa shape index (κ3) is 4.78. The van der Waals surface area contributed by atoms with Crippen LogP contribution in [0.5, 0.6) is 0 Å². The third-order valence-electron chi connectivity index (χ3n) is 9.45. The van der Waals surface area contributed by atoms with Gasteiger partial charge in [-0.15, -0.1) is 22.7 Å². The molecule has 0 nitrogen and oxygen atoms in total. The predicted octanol–water partition coefficient (Wildman–Crippen LogP) is 14.0. The van der Waals surface area contributed by atoms with E-state index >= 15 is 0 Å². The predicted molar refractivity (Wildman–Crippen MR) is 206 cm³/mol. The molecule has 2 aromatic heterocycles. The molecule has 0 spiro atoms. The van der Waals surface area contributed by atoms with Gasteiger partial charge in [0.05, 0.1) is 0 Å². The number of fused-ring (bicyclic) bond motifs is 6. The maximum absolute atomic E-state index is 2.47. The highest BCUT2D eigenvalue weighted by Gasteiger charge is 2.23. The van der Waals surface area contributed by atoms with Crippen molar-refractivity contribution >= 4 is 63.0 Å². The van der Waals surface area contributed by atoms with E-state index in [4.69, 9.17) is 0 Å². The van der Waals surface area contributed by atoms with Crippen LogP contribution in [0.25, 0.3) is 73.7 Å². The van der Waals surface area contributed by atoms with Gasteiger partial charge in [-0.3, -0.25) is 0 Å². The molecule has 0 amide bonds. The first kappa shape index (κ1) is 29.2. The van der Waals surface area contributed by atoms with Crippen molar-refractivity contribution in [3.8, 4) is 33.4 Å². The van der Waals surface area contributed by atoms with Gasteiger partial charge in [0, 0.05) is 51.5 Å². The maximum atomic E-state index is 2.47. The summed E-state index contributed by atoms with van der Waals surface area (Å²) in [6, 6.07) is 45.8. The van der Waals surface area contributed by atoms with Crippen molar-refractivity contribution in [2.75, 3.05) is 0 Å². The largest absolute Gasteiger partial charge is 0.135 e. The van der Waals surface area contributed by atoms with Crippen LogP contribution in [0, 0.1) is 0 Å². The molecule has 2 heteroatoms. The minimum atomic E-state index is 0.0307. The standard InChI is InChI=1S/C44H38S2/c1-43(2,3)27-21-23-29(37(25-27)35-17-11-15-33-31-13-7-9-19-39(31)45-41(33)35)30-24-22-28(44(4,5)6)26-38(30)36-18-12-16-34-32-14-8-10-20-40(32)46-42(34)36/h7-26H,1-6H3. The molecule has 8 aromatic rings. The van der Waals surface area contributed by atoms with Gasteiger partial charge in [-0.1, -0.05) is 139 Å². The van der Waals surface area contributed by atoms with Gasteiger partial charge in [-0.25, -0.2) is 0 Å². The van der Waals surface area contributed by atoms with Crippen molar-refractivity contribution in [3.63, 3.8) is 0 Å². The van der Waals surface area contributed by atoms with E-state index in [-0.39, 0.29) is 10.8 Å². The molecular formula is C44H38S2. The lowest BCUT2D eigenvalue weighted by Crippen LogP contribution is -2.12. The second kappa shape index (κ2) is 10.7. The molecule has 0 fully saturated rings. The first-order valence-electron chi connectivity index (χ1n) is 16.2. The molecule has 2 heterocycles. The highest BCUT2D eigenvalue weighted by atomic mass is 32.1. The van der Waals surface area contributed by atoms with Crippen LogP contribution >= 0.6 is 22.7 Å². The van der Waals surface area contributed by atoms with E-state index in [0.29, 0.717) is 0 Å². The van der Waals surface area contributed by atoms with E-state index in [9.17, 15) is 0 Å². The molecule has 0 atom stereocenters. The van der Waals surface area contributed by atoms with Crippen LogP contribution in [0.3, 0.4) is 0 Å². The van der Waals surface area contributed by atoms with Crippen LogP contribution in [0.4, 0.5) is 0 Å². The Bertz CT molecular complexity index is 2260. The molecule has 46 heavy (non-hydrogen) atoms. The summed E-state index contributed by atoms with van der Waals surface area (Å²) in [7, 11) is 0. The number of hydrogen-bond donors (Lipinski definition) is 0. The topological polar surface area (TPSA) is 0 Å². The fraction of sp³-hybridized carbons (Fsp3) is 0.182. The van der Waals surface area contributed by atoms with Crippen molar-refractivity contribution in [2.24, 2.45) is 0 Å². The fourth-order valence-electron chi connectivity index (χ4n) is 6.86. The molecule has 0 bridgehead atoms. The Morgan fingerprint density at radius 1 is 0.348 bits per heavy atom. The van der Waals surface area contributed by atoms with Gasteiger partial charge in [0.15, 0.2) is 0 Å². The van der Waals surface area contributed by atoms with Gasteiger partial charge in [0.25, 0.3) is 0 Å². The van der Waals surface area contributed by atoms with Crippen LogP contribution in [0.2, 0.25) is 0 Å². The molecule has 0 radical (unpaired) electrons. The molecule has 6 aromatic carbocycles. The molecule has 0 saturated heterocycles. The van der Waals surface area contributed by atoms with Gasteiger partial charge in [0.2, 0.25) is 0 Å². The van der Waals surface area contributed by atoms with Crippen LogP contribution in [-0.2, 0) is 10.8 Å². The summed E-state index contributed by atoms with van der Waals surface area (Å²) in [5.41, 5.74) is 10.6.